The minimum atomic E-state index is -0.589. The number of nitrogens with two attached hydrogens (primary N) is 1. The van der Waals surface area contributed by atoms with Crippen molar-refractivity contribution < 1.29 is 9.53 Å². The second-order valence-electron chi connectivity index (χ2n) is 5.36. The summed E-state index contributed by atoms with van der Waals surface area (Å²) in [4.78, 5) is 29.2. The molecule has 2 N–H and O–H groups in total. The normalized spacial score (nSPS) is 10.9. The van der Waals surface area contributed by atoms with Gasteiger partial charge in [-0.05, 0) is 24.3 Å². The minimum Gasteiger partial charge on any atom is -0.453 e. The molecule has 25 heavy (non-hydrogen) atoms. The van der Waals surface area contributed by atoms with Gasteiger partial charge in [0.1, 0.15) is 5.82 Å². The molecule has 0 bridgehead atoms. The Kier molecular flexibility index (Phi) is 3.66. The Bertz CT molecular complexity index is 1100. The minimum absolute atomic E-state index is 0.0949. The molecule has 0 saturated heterocycles. The van der Waals surface area contributed by atoms with Crippen LogP contribution < -0.4 is 5.73 Å². The van der Waals surface area contributed by atoms with Gasteiger partial charge in [0.2, 0.25) is 0 Å². The number of nitrogens with zero attached hydrogens (tertiary/aromatic N) is 4. The lowest BCUT2D eigenvalue weighted by atomic mass is 10.2. The van der Waals surface area contributed by atoms with Gasteiger partial charge in [-0.3, -0.25) is 4.98 Å². The van der Waals surface area contributed by atoms with Gasteiger partial charge in [0, 0.05) is 5.39 Å². The fourth-order valence-electron chi connectivity index (χ4n) is 2.48. The Balaban J connectivity index is 1.54. The number of hydrogen-bond donors (Lipinski definition) is 1. The Morgan fingerprint density at radius 2 is 1.64 bits per heavy atom. The van der Waals surface area contributed by atoms with Gasteiger partial charge >= 0.3 is 5.97 Å². The van der Waals surface area contributed by atoms with Crippen LogP contribution in [0.15, 0.2) is 54.7 Å². The number of ether oxygens (including phenoxy) is 1. The number of carbonyl (C=O) groups excluding carboxylic acids is 1. The Morgan fingerprint density at radius 3 is 2.48 bits per heavy atom. The molecule has 0 unspecified atom stereocenters. The van der Waals surface area contributed by atoms with Crippen molar-refractivity contribution >= 4 is 33.7 Å². The summed E-state index contributed by atoms with van der Waals surface area (Å²) in [5, 5.41) is 0.762. The monoisotopic (exact) mass is 331 g/mol. The summed E-state index contributed by atoms with van der Waals surface area (Å²) in [6.07, 6.45) is 1.39. The van der Waals surface area contributed by atoms with Gasteiger partial charge in [0.25, 0.3) is 0 Å². The highest BCUT2D eigenvalue weighted by molar-refractivity contribution is 5.89. The molecule has 0 fully saturated rings. The van der Waals surface area contributed by atoms with Gasteiger partial charge < -0.3 is 10.5 Å². The van der Waals surface area contributed by atoms with Gasteiger partial charge in [-0.1, -0.05) is 24.3 Å². The highest BCUT2D eigenvalue weighted by atomic mass is 16.5. The molecule has 0 radical (unpaired) electrons. The van der Waals surface area contributed by atoms with E-state index in [1.807, 2.05) is 42.5 Å². The predicted octanol–water partition coefficient (Wildman–Crippen LogP) is 2.51. The van der Waals surface area contributed by atoms with Crippen molar-refractivity contribution in [2.24, 2.45) is 0 Å². The number of hydrogen-bond acceptors (Lipinski definition) is 7. The van der Waals surface area contributed by atoms with Crippen LogP contribution in [-0.4, -0.2) is 25.9 Å². The van der Waals surface area contributed by atoms with Crippen molar-refractivity contribution in [2.45, 2.75) is 6.61 Å². The zero-order valence-corrected chi connectivity index (χ0v) is 13.1. The predicted molar refractivity (Wildman–Crippen MR) is 92.6 cm³/mol. The van der Waals surface area contributed by atoms with Crippen LogP contribution in [-0.2, 0) is 11.3 Å². The lowest BCUT2D eigenvalue weighted by molar-refractivity contribution is 0.0455. The maximum absolute atomic E-state index is 12.2. The lowest BCUT2D eigenvalue weighted by Crippen LogP contribution is -2.10. The molecule has 7 heteroatoms. The van der Waals surface area contributed by atoms with Crippen molar-refractivity contribution in [3.8, 4) is 0 Å². The van der Waals surface area contributed by atoms with E-state index in [4.69, 9.17) is 10.5 Å². The molecule has 2 aromatic carbocycles. The maximum atomic E-state index is 12.2. The maximum Gasteiger partial charge on any atom is 0.359 e. The van der Waals surface area contributed by atoms with Gasteiger partial charge in [0.15, 0.2) is 18.1 Å². The Hall–Kier alpha value is -3.61. The lowest BCUT2D eigenvalue weighted by Gasteiger charge is -2.06. The van der Waals surface area contributed by atoms with Gasteiger partial charge in [0.05, 0.1) is 22.7 Å². The summed E-state index contributed by atoms with van der Waals surface area (Å²) in [6, 6.07) is 14.7. The molecular formula is C18H13N5O2. The number of rotatable bonds is 3. The quantitative estimate of drug-likeness (QED) is 0.575. The van der Waals surface area contributed by atoms with Crippen LogP contribution in [0.2, 0.25) is 0 Å². The number of anilines is 1. The first-order chi connectivity index (χ1) is 12.2. The average Bonchev–Trinajstić information content (AvgIpc) is 2.66. The fourth-order valence-corrected chi connectivity index (χ4v) is 2.48. The van der Waals surface area contributed by atoms with Crippen LogP contribution in [0.3, 0.4) is 0 Å². The van der Waals surface area contributed by atoms with Crippen LogP contribution in [0.25, 0.3) is 21.9 Å². The first-order valence-electron chi connectivity index (χ1n) is 7.61. The third kappa shape index (κ3) is 2.94. The molecule has 0 atom stereocenters. The summed E-state index contributed by atoms with van der Waals surface area (Å²) in [5.41, 5.74) is 8.10. The molecule has 4 rings (SSSR count). The fraction of sp³-hybridized carbons (Fsp3) is 0.0556. The van der Waals surface area contributed by atoms with Crippen molar-refractivity contribution in [3.05, 3.63) is 66.2 Å². The molecular weight excluding hydrogens is 318 g/mol. The molecule has 0 spiro atoms. The number of fused-ring (bicyclic) bond motifs is 2. The van der Waals surface area contributed by atoms with E-state index in [9.17, 15) is 4.79 Å². The second-order valence-corrected chi connectivity index (χ2v) is 5.36. The highest BCUT2D eigenvalue weighted by Gasteiger charge is 2.13. The third-order valence-electron chi connectivity index (χ3n) is 3.67. The van der Waals surface area contributed by atoms with Gasteiger partial charge in [-0.25, -0.2) is 19.7 Å². The van der Waals surface area contributed by atoms with Gasteiger partial charge in [-0.2, -0.15) is 0 Å². The smallest absolute Gasteiger partial charge is 0.359 e. The van der Waals surface area contributed by atoms with E-state index in [1.54, 1.807) is 6.07 Å². The number of benzene rings is 2. The molecule has 7 nitrogen and oxygen atoms in total. The number of nitrogen functional groups attached to an aromatic ring is 1. The number of aromatic nitrogens is 4. The number of para-hydroxylation sites is 3. The van der Waals surface area contributed by atoms with Crippen molar-refractivity contribution in [3.63, 3.8) is 0 Å². The van der Waals surface area contributed by atoms with Crippen molar-refractivity contribution in [2.75, 3.05) is 5.73 Å². The van der Waals surface area contributed by atoms with Crippen LogP contribution in [0.4, 0.5) is 5.82 Å². The third-order valence-corrected chi connectivity index (χ3v) is 3.67. The zero-order valence-electron chi connectivity index (χ0n) is 13.1. The Labute approximate surface area is 142 Å². The van der Waals surface area contributed by atoms with Crippen molar-refractivity contribution in [1.82, 2.24) is 19.9 Å². The molecule has 4 aromatic rings. The molecule has 0 aliphatic heterocycles. The molecule has 0 amide bonds. The summed E-state index contributed by atoms with van der Waals surface area (Å²) < 4.78 is 5.24. The molecule has 0 aliphatic rings. The summed E-state index contributed by atoms with van der Waals surface area (Å²) in [7, 11) is 0. The second kappa shape index (κ2) is 6.12. The summed E-state index contributed by atoms with van der Waals surface area (Å²) in [5.74, 6) is 0.0917. The number of esters is 1. The van der Waals surface area contributed by atoms with E-state index < -0.39 is 5.97 Å². The zero-order chi connectivity index (χ0) is 17.2. The van der Waals surface area contributed by atoms with E-state index in [-0.39, 0.29) is 12.3 Å². The van der Waals surface area contributed by atoms with E-state index in [0.717, 1.165) is 5.39 Å². The standard InChI is InChI=1S/C18H13N5O2/c19-17-11-5-1-2-6-12(11)22-16(23-17)10-25-18(24)15-9-20-13-7-3-4-8-14(13)21-15/h1-9H,10H2,(H2,19,22,23). The molecule has 0 saturated carbocycles. The van der Waals surface area contributed by atoms with Crippen LogP contribution in [0.5, 0.6) is 0 Å². The van der Waals surface area contributed by atoms with E-state index >= 15 is 0 Å². The van der Waals surface area contributed by atoms with Crippen molar-refractivity contribution in [1.29, 1.82) is 0 Å². The van der Waals surface area contributed by atoms with Crippen LogP contribution >= 0.6 is 0 Å². The molecule has 122 valence electrons. The SMILES string of the molecule is Nc1nc(COC(=O)c2cnc3ccccc3n2)nc2ccccc12. The van der Waals surface area contributed by atoms with Gasteiger partial charge in [-0.15, -0.1) is 0 Å². The first-order valence-corrected chi connectivity index (χ1v) is 7.61. The summed E-state index contributed by atoms with van der Waals surface area (Å²) >= 11 is 0. The molecule has 2 heterocycles. The molecule has 2 aromatic heterocycles. The van der Waals surface area contributed by atoms with E-state index in [0.29, 0.717) is 28.2 Å². The summed E-state index contributed by atoms with van der Waals surface area (Å²) in [6.45, 7) is -0.0949. The van der Waals surface area contributed by atoms with E-state index in [2.05, 4.69) is 19.9 Å². The number of carbonyl (C=O) groups is 1. The average molecular weight is 331 g/mol. The highest BCUT2D eigenvalue weighted by Crippen LogP contribution is 2.17. The Morgan fingerprint density at radius 1 is 0.920 bits per heavy atom. The van der Waals surface area contributed by atoms with Crippen LogP contribution in [0.1, 0.15) is 16.3 Å². The topological polar surface area (TPSA) is 104 Å². The van der Waals surface area contributed by atoms with E-state index in [1.165, 1.54) is 6.20 Å². The molecule has 0 aliphatic carbocycles. The van der Waals surface area contributed by atoms with Crippen LogP contribution in [0, 0.1) is 0 Å². The first kappa shape index (κ1) is 14.9. The largest absolute Gasteiger partial charge is 0.453 e.